The van der Waals surface area contributed by atoms with E-state index in [0.29, 0.717) is 22.3 Å². The molecule has 0 radical (unpaired) electrons. The first-order valence-corrected chi connectivity index (χ1v) is 7.52. The maximum absolute atomic E-state index is 12.4. The van der Waals surface area contributed by atoms with Gasteiger partial charge in [-0.3, -0.25) is 4.79 Å². The molecule has 1 heterocycles. The molecule has 1 aromatic heterocycles. The summed E-state index contributed by atoms with van der Waals surface area (Å²) in [6.07, 6.45) is 3.06. The minimum Gasteiger partial charge on any atom is -0.321 e. The second-order valence-electron chi connectivity index (χ2n) is 3.75. The number of anilines is 1. The van der Waals surface area contributed by atoms with E-state index in [1.54, 1.807) is 30.3 Å². The Morgan fingerprint density at radius 2 is 2.10 bits per heavy atom. The normalized spacial score (nSPS) is 11.2. The number of alkyl halides is 2. The Morgan fingerprint density at radius 1 is 1.30 bits per heavy atom. The molecule has 0 saturated carbocycles. The summed E-state index contributed by atoms with van der Waals surface area (Å²) < 4.78 is 24.8. The van der Waals surface area contributed by atoms with Gasteiger partial charge in [0.1, 0.15) is 0 Å². The second kappa shape index (κ2) is 7.21. The molecule has 2 aromatic rings. The summed E-state index contributed by atoms with van der Waals surface area (Å²) in [5, 5.41) is 6.42. The molecule has 0 unspecified atom stereocenters. The third-order valence-electron chi connectivity index (χ3n) is 2.33. The third kappa shape index (κ3) is 4.47. The lowest BCUT2D eigenvalue weighted by molar-refractivity contribution is -0.111. The molecule has 0 aliphatic heterocycles. The first-order valence-electron chi connectivity index (χ1n) is 5.70. The van der Waals surface area contributed by atoms with Crippen LogP contribution in [0.25, 0.3) is 6.08 Å². The van der Waals surface area contributed by atoms with Crippen LogP contribution in [0.15, 0.2) is 52.1 Å². The Bertz CT molecular complexity index is 597. The van der Waals surface area contributed by atoms with Gasteiger partial charge in [0.15, 0.2) is 0 Å². The van der Waals surface area contributed by atoms with Crippen molar-refractivity contribution < 1.29 is 13.6 Å². The fourth-order valence-corrected chi connectivity index (χ4v) is 2.71. The summed E-state index contributed by atoms with van der Waals surface area (Å²) in [7, 11) is 0. The smallest absolute Gasteiger partial charge is 0.288 e. The van der Waals surface area contributed by atoms with Gasteiger partial charge in [-0.1, -0.05) is 23.9 Å². The lowest BCUT2D eigenvalue weighted by atomic mass is 10.3. The zero-order valence-corrected chi connectivity index (χ0v) is 11.9. The van der Waals surface area contributed by atoms with Gasteiger partial charge in [0.2, 0.25) is 5.91 Å². The fraction of sp³-hybridized carbons (Fsp3) is 0.0714. The Morgan fingerprint density at radius 3 is 2.80 bits per heavy atom. The highest BCUT2D eigenvalue weighted by Crippen LogP contribution is 2.31. The van der Waals surface area contributed by atoms with Crippen LogP contribution in [0.4, 0.5) is 14.5 Å². The molecule has 0 fully saturated rings. The van der Waals surface area contributed by atoms with Gasteiger partial charge in [-0.2, -0.15) is 20.1 Å². The van der Waals surface area contributed by atoms with E-state index in [1.165, 1.54) is 17.4 Å². The molecule has 1 aromatic carbocycles. The minimum absolute atomic E-state index is 0.347. The van der Waals surface area contributed by atoms with Crippen molar-refractivity contribution >= 4 is 40.8 Å². The van der Waals surface area contributed by atoms with E-state index in [2.05, 4.69) is 5.32 Å². The number of hydrogen-bond acceptors (Lipinski definition) is 3. The zero-order valence-electron chi connectivity index (χ0n) is 10.3. The van der Waals surface area contributed by atoms with E-state index in [0.717, 1.165) is 5.56 Å². The molecule has 0 aliphatic rings. The lowest BCUT2D eigenvalue weighted by Gasteiger charge is -2.08. The molecule has 0 atom stereocenters. The van der Waals surface area contributed by atoms with Crippen molar-refractivity contribution in [1.82, 2.24) is 0 Å². The Balaban J connectivity index is 2.04. The SMILES string of the molecule is O=C(/C=C/c1ccsc1)Nc1ccccc1SC(F)F. The van der Waals surface area contributed by atoms with Gasteiger partial charge in [-0.15, -0.1) is 0 Å². The van der Waals surface area contributed by atoms with E-state index in [9.17, 15) is 13.6 Å². The number of thioether (sulfide) groups is 1. The van der Waals surface area contributed by atoms with E-state index in [4.69, 9.17) is 0 Å². The standard InChI is InChI=1S/C14H11F2NOS2/c15-14(16)20-12-4-2-1-3-11(12)17-13(18)6-5-10-7-8-19-9-10/h1-9,14H,(H,17,18)/b6-5+. The summed E-state index contributed by atoms with van der Waals surface area (Å²) in [5.41, 5.74) is 1.32. The molecular formula is C14H11F2NOS2. The molecule has 0 bridgehead atoms. The van der Waals surface area contributed by atoms with Crippen molar-refractivity contribution in [3.05, 3.63) is 52.7 Å². The number of carbonyl (C=O) groups excluding carboxylic acids is 1. The van der Waals surface area contributed by atoms with Crippen LogP contribution in [0.3, 0.4) is 0 Å². The average molecular weight is 311 g/mol. The maximum atomic E-state index is 12.4. The van der Waals surface area contributed by atoms with Crippen LogP contribution < -0.4 is 5.32 Å². The van der Waals surface area contributed by atoms with Crippen LogP contribution in [-0.4, -0.2) is 11.7 Å². The van der Waals surface area contributed by atoms with Crippen LogP contribution in [-0.2, 0) is 4.79 Å². The molecule has 20 heavy (non-hydrogen) atoms. The first kappa shape index (κ1) is 14.7. The highest BCUT2D eigenvalue weighted by molar-refractivity contribution is 7.99. The van der Waals surface area contributed by atoms with Crippen molar-refractivity contribution in [2.24, 2.45) is 0 Å². The number of benzene rings is 1. The van der Waals surface area contributed by atoms with Gasteiger partial charge >= 0.3 is 0 Å². The van der Waals surface area contributed by atoms with Crippen molar-refractivity contribution in [3.63, 3.8) is 0 Å². The van der Waals surface area contributed by atoms with Crippen LogP contribution in [0.2, 0.25) is 0 Å². The van der Waals surface area contributed by atoms with Crippen LogP contribution in [0.1, 0.15) is 5.56 Å². The van der Waals surface area contributed by atoms with Crippen molar-refractivity contribution in [3.8, 4) is 0 Å². The molecule has 6 heteroatoms. The predicted molar refractivity (Wildman–Crippen MR) is 80.3 cm³/mol. The van der Waals surface area contributed by atoms with Gasteiger partial charge in [-0.25, -0.2) is 0 Å². The molecule has 1 N–H and O–H groups in total. The Kier molecular flexibility index (Phi) is 5.31. The number of hydrogen-bond donors (Lipinski definition) is 1. The van der Waals surface area contributed by atoms with Gasteiger partial charge < -0.3 is 5.32 Å². The summed E-state index contributed by atoms with van der Waals surface area (Å²) in [4.78, 5) is 12.1. The van der Waals surface area contributed by atoms with E-state index >= 15 is 0 Å². The van der Waals surface area contributed by atoms with Gasteiger partial charge in [0.05, 0.1) is 5.69 Å². The van der Waals surface area contributed by atoms with Crippen LogP contribution in [0, 0.1) is 0 Å². The minimum atomic E-state index is -2.52. The van der Waals surface area contributed by atoms with E-state index < -0.39 is 5.76 Å². The predicted octanol–water partition coefficient (Wildman–Crippen LogP) is 4.71. The number of nitrogens with one attached hydrogen (secondary N) is 1. The summed E-state index contributed by atoms with van der Waals surface area (Å²) >= 11 is 1.95. The summed E-state index contributed by atoms with van der Waals surface area (Å²) in [6, 6.07) is 8.38. The van der Waals surface area contributed by atoms with E-state index in [1.807, 2.05) is 16.8 Å². The zero-order chi connectivity index (χ0) is 14.4. The molecule has 104 valence electrons. The van der Waals surface area contributed by atoms with Crippen molar-refractivity contribution in [2.45, 2.75) is 10.7 Å². The highest BCUT2D eigenvalue weighted by atomic mass is 32.2. The number of thiophene rings is 1. The molecule has 2 nitrogen and oxygen atoms in total. The van der Waals surface area contributed by atoms with Crippen LogP contribution in [0.5, 0.6) is 0 Å². The van der Waals surface area contributed by atoms with Crippen molar-refractivity contribution in [2.75, 3.05) is 5.32 Å². The number of amides is 1. The molecule has 0 aliphatic carbocycles. The number of carbonyl (C=O) groups is 1. The third-order valence-corrected chi connectivity index (χ3v) is 3.82. The summed E-state index contributed by atoms with van der Waals surface area (Å²) in [5.74, 6) is -2.87. The van der Waals surface area contributed by atoms with Gasteiger partial charge in [-0.05, 0) is 40.6 Å². The largest absolute Gasteiger partial charge is 0.321 e. The fourth-order valence-electron chi connectivity index (χ4n) is 1.48. The average Bonchev–Trinajstić information content (AvgIpc) is 2.91. The summed E-state index contributed by atoms with van der Waals surface area (Å²) in [6.45, 7) is 0. The Hall–Kier alpha value is -1.66. The number of para-hydroxylation sites is 1. The van der Waals surface area contributed by atoms with Gasteiger partial charge in [0, 0.05) is 11.0 Å². The lowest BCUT2D eigenvalue weighted by Crippen LogP contribution is -2.08. The topological polar surface area (TPSA) is 29.1 Å². The molecule has 1 amide bonds. The van der Waals surface area contributed by atoms with Gasteiger partial charge in [0.25, 0.3) is 5.76 Å². The first-order chi connectivity index (χ1) is 9.65. The van der Waals surface area contributed by atoms with E-state index in [-0.39, 0.29) is 5.91 Å². The molecule has 0 spiro atoms. The number of halogens is 2. The highest BCUT2D eigenvalue weighted by Gasteiger charge is 2.10. The monoisotopic (exact) mass is 311 g/mol. The molecular weight excluding hydrogens is 300 g/mol. The Labute approximate surface area is 123 Å². The van der Waals surface area contributed by atoms with Crippen LogP contribution >= 0.6 is 23.1 Å². The quantitative estimate of drug-likeness (QED) is 0.640. The second-order valence-corrected chi connectivity index (χ2v) is 5.57. The molecule has 0 saturated heterocycles. The number of rotatable bonds is 5. The maximum Gasteiger partial charge on any atom is 0.288 e. The molecule has 2 rings (SSSR count). The van der Waals surface area contributed by atoms with Crippen molar-refractivity contribution in [1.29, 1.82) is 0 Å².